The first-order valence-corrected chi connectivity index (χ1v) is 4.90. The maximum absolute atomic E-state index is 11.4. The summed E-state index contributed by atoms with van der Waals surface area (Å²) in [5.41, 5.74) is 0.349. The first-order chi connectivity index (χ1) is 7.00. The van der Waals surface area contributed by atoms with Gasteiger partial charge in [-0.05, 0) is 19.1 Å². The standard InChI is InChI=1S/C9H13N3O2S/c1-6(13)3-10-4-7-5-12(2)9(15)11-8(7)14/h5,10H,3-4H2,1-2H3,(H,11,14,15). The molecule has 0 aromatic carbocycles. The van der Waals surface area contributed by atoms with Gasteiger partial charge in [0, 0.05) is 25.4 Å². The Labute approximate surface area is 92.1 Å². The van der Waals surface area contributed by atoms with Gasteiger partial charge in [0.15, 0.2) is 4.77 Å². The average molecular weight is 227 g/mol. The lowest BCUT2D eigenvalue weighted by Crippen LogP contribution is -2.26. The molecule has 82 valence electrons. The van der Waals surface area contributed by atoms with Gasteiger partial charge in [-0.1, -0.05) is 0 Å². The molecular formula is C9H13N3O2S. The number of carbonyl (C=O) groups excluding carboxylic acids is 1. The molecule has 0 aliphatic heterocycles. The number of ketones is 1. The van der Waals surface area contributed by atoms with Crippen molar-refractivity contribution in [2.24, 2.45) is 7.05 Å². The summed E-state index contributed by atoms with van der Waals surface area (Å²) in [5.74, 6) is 0.0377. The van der Waals surface area contributed by atoms with Gasteiger partial charge in [0.1, 0.15) is 5.78 Å². The highest BCUT2D eigenvalue weighted by molar-refractivity contribution is 7.71. The molecule has 0 saturated carbocycles. The van der Waals surface area contributed by atoms with Crippen LogP contribution in [0.4, 0.5) is 0 Å². The molecule has 15 heavy (non-hydrogen) atoms. The third-order valence-electron chi connectivity index (χ3n) is 1.87. The quantitative estimate of drug-likeness (QED) is 0.717. The fourth-order valence-electron chi connectivity index (χ4n) is 1.12. The van der Waals surface area contributed by atoms with Crippen LogP contribution in [0.25, 0.3) is 0 Å². The van der Waals surface area contributed by atoms with Crippen molar-refractivity contribution in [1.82, 2.24) is 14.9 Å². The van der Waals surface area contributed by atoms with E-state index in [9.17, 15) is 9.59 Å². The molecule has 0 spiro atoms. The molecule has 0 radical (unpaired) electrons. The fraction of sp³-hybridized carbons (Fsp3) is 0.444. The first-order valence-electron chi connectivity index (χ1n) is 4.49. The molecule has 2 N–H and O–H groups in total. The van der Waals surface area contributed by atoms with Crippen LogP contribution in [0, 0.1) is 4.77 Å². The van der Waals surface area contributed by atoms with Crippen LogP contribution in [0.5, 0.6) is 0 Å². The number of rotatable bonds is 4. The first kappa shape index (κ1) is 11.8. The van der Waals surface area contributed by atoms with Crippen molar-refractivity contribution in [3.05, 3.63) is 26.9 Å². The highest BCUT2D eigenvalue weighted by Gasteiger charge is 2.01. The monoisotopic (exact) mass is 227 g/mol. The summed E-state index contributed by atoms with van der Waals surface area (Å²) >= 11 is 4.89. The van der Waals surface area contributed by atoms with E-state index in [4.69, 9.17) is 12.2 Å². The number of hydrogen-bond donors (Lipinski definition) is 2. The van der Waals surface area contributed by atoms with Gasteiger partial charge in [-0.15, -0.1) is 0 Å². The van der Waals surface area contributed by atoms with Crippen LogP contribution in [0.3, 0.4) is 0 Å². The molecule has 1 aromatic heterocycles. The molecular weight excluding hydrogens is 214 g/mol. The van der Waals surface area contributed by atoms with E-state index >= 15 is 0 Å². The number of aromatic amines is 1. The van der Waals surface area contributed by atoms with Gasteiger partial charge in [0.05, 0.1) is 6.54 Å². The molecule has 1 aromatic rings. The van der Waals surface area contributed by atoms with Crippen LogP contribution < -0.4 is 10.9 Å². The van der Waals surface area contributed by atoms with E-state index in [-0.39, 0.29) is 17.9 Å². The Morgan fingerprint density at radius 3 is 2.93 bits per heavy atom. The zero-order valence-electron chi connectivity index (χ0n) is 8.66. The van der Waals surface area contributed by atoms with Gasteiger partial charge < -0.3 is 9.88 Å². The van der Waals surface area contributed by atoms with Crippen molar-refractivity contribution in [2.45, 2.75) is 13.5 Å². The Hall–Kier alpha value is -1.27. The summed E-state index contributed by atoms with van der Waals surface area (Å²) in [4.78, 5) is 24.6. The summed E-state index contributed by atoms with van der Waals surface area (Å²) in [5, 5.41) is 2.87. The Kier molecular flexibility index (Phi) is 3.93. The van der Waals surface area contributed by atoms with Crippen LogP contribution in [-0.2, 0) is 18.4 Å². The molecule has 0 aliphatic carbocycles. The molecule has 0 fully saturated rings. The number of carbonyl (C=O) groups is 1. The van der Waals surface area contributed by atoms with Crippen molar-refractivity contribution >= 4 is 18.0 Å². The lowest BCUT2D eigenvalue weighted by Gasteiger charge is -2.04. The summed E-state index contributed by atoms with van der Waals surface area (Å²) in [6.45, 7) is 2.11. The van der Waals surface area contributed by atoms with E-state index in [1.807, 2.05) is 0 Å². The number of nitrogens with zero attached hydrogens (tertiary/aromatic N) is 1. The van der Waals surface area contributed by atoms with E-state index in [2.05, 4.69) is 10.3 Å². The van der Waals surface area contributed by atoms with E-state index in [0.717, 1.165) is 0 Å². The third-order valence-corrected chi connectivity index (χ3v) is 2.26. The van der Waals surface area contributed by atoms with E-state index in [0.29, 0.717) is 16.9 Å². The minimum absolute atomic E-state index is 0.0377. The molecule has 6 heteroatoms. The molecule has 0 amide bonds. The second-order valence-electron chi connectivity index (χ2n) is 3.33. The predicted octanol–water partition coefficient (Wildman–Crippen LogP) is 0.121. The van der Waals surface area contributed by atoms with Gasteiger partial charge in [-0.25, -0.2) is 0 Å². The van der Waals surface area contributed by atoms with Crippen LogP contribution in [0.2, 0.25) is 0 Å². The topological polar surface area (TPSA) is 66.9 Å². The molecule has 0 aliphatic rings. The van der Waals surface area contributed by atoms with Crippen molar-refractivity contribution in [1.29, 1.82) is 0 Å². The zero-order valence-corrected chi connectivity index (χ0v) is 9.48. The summed E-state index contributed by atoms with van der Waals surface area (Å²) in [7, 11) is 1.76. The normalized spacial score (nSPS) is 10.3. The molecule has 1 rings (SSSR count). The maximum atomic E-state index is 11.4. The number of hydrogen-bond acceptors (Lipinski definition) is 4. The highest BCUT2D eigenvalue weighted by atomic mass is 32.1. The Balaban J connectivity index is 2.78. The Morgan fingerprint density at radius 1 is 1.67 bits per heavy atom. The number of H-pyrrole nitrogens is 1. The van der Waals surface area contributed by atoms with Crippen molar-refractivity contribution in [3.63, 3.8) is 0 Å². The van der Waals surface area contributed by atoms with Crippen LogP contribution >= 0.6 is 12.2 Å². The number of aromatic nitrogens is 2. The van der Waals surface area contributed by atoms with Crippen LogP contribution in [0.15, 0.2) is 11.0 Å². The van der Waals surface area contributed by atoms with Gasteiger partial charge in [0.25, 0.3) is 5.56 Å². The molecule has 0 atom stereocenters. The minimum Gasteiger partial charge on any atom is -0.328 e. The van der Waals surface area contributed by atoms with Crippen LogP contribution in [0.1, 0.15) is 12.5 Å². The molecule has 0 bridgehead atoms. The molecule has 1 heterocycles. The molecule has 5 nitrogen and oxygen atoms in total. The Bertz CT molecular complexity index is 475. The smallest absolute Gasteiger partial charge is 0.256 e. The SMILES string of the molecule is CC(=O)CNCc1cn(C)c(=S)[nH]c1=O. The van der Waals surface area contributed by atoms with E-state index < -0.39 is 0 Å². The van der Waals surface area contributed by atoms with E-state index in [1.165, 1.54) is 6.92 Å². The summed E-state index contributed by atoms with van der Waals surface area (Å²) in [6, 6.07) is 0. The molecule has 0 unspecified atom stereocenters. The van der Waals surface area contributed by atoms with Gasteiger partial charge in [-0.2, -0.15) is 0 Å². The summed E-state index contributed by atoms with van der Waals surface area (Å²) < 4.78 is 2.04. The lowest BCUT2D eigenvalue weighted by atomic mass is 10.3. The summed E-state index contributed by atoms with van der Waals surface area (Å²) in [6.07, 6.45) is 1.66. The predicted molar refractivity (Wildman–Crippen MR) is 59.3 cm³/mol. The fourth-order valence-corrected chi connectivity index (χ4v) is 1.26. The van der Waals surface area contributed by atoms with Gasteiger partial charge in [0.2, 0.25) is 0 Å². The number of Topliss-reactive ketones (excluding diaryl/α,β-unsaturated/α-hetero) is 1. The number of nitrogens with one attached hydrogen (secondary N) is 2. The zero-order chi connectivity index (χ0) is 11.4. The second kappa shape index (κ2) is 4.99. The molecule has 0 saturated heterocycles. The average Bonchev–Trinajstić information content (AvgIpc) is 2.13. The van der Waals surface area contributed by atoms with Crippen molar-refractivity contribution < 1.29 is 4.79 Å². The minimum atomic E-state index is -0.214. The third kappa shape index (κ3) is 3.41. The number of aryl methyl sites for hydroxylation is 1. The lowest BCUT2D eigenvalue weighted by molar-refractivity contribution is -0.116. The van der Waals surface area contributed by atoms with Gasteiger partial charge >= 0.3 is 0 Å². The van der Waals surface area contributed by atoms with Crippen molar-refractivity contribution in [2.75, 3.05) is 6.54 Å². The largest absolute Gasteiger partial charge is 0.328 e. The second-order valence-corrected chi connectivity index (χ2v) is 3.72. The van der Waals surface area contributed by atoms with Crippen LogP contribution in [-0.4, -0.2) is 21.9 Å². The van der Waals surface area contributed by atoms with Gasteiger partial charge in [-0.3, -0.25) is 14.6 Å². The highest BCUT2D eigenvalue weighted by Crippen LogP contribution is 1.90. The Morgan fingerprint density at radius 2 is 2.33 bits per heavy atom. The maximum Gasteiger partial charge on any atom is 0.256 e. The van der Waals surface area contributed by atoms with E-state index in [1.54, 1.807) is 17.8 Å². The van der Waals surface area contributed by atoms with Crippen molar-refractivity contribution in [3.8, 4) is 0 Å².